The Labute approximate surface area is 166 Å². The van der Waals surface area contributed by atoms with Crippen LogP contribution in [0, 0.1) is 23.2 Å². The molecule has 0 amide bonds. The van der Waals surface area contributed by atoms with Crippen molar-refractivity contribution in [1.29, 1.82) is 0 Å². The number of aromatic hydroxyl groups is 1. The molecule has 2 atom stereocenters. The van der Waals surface area contributed by atoms with E-state index in [1.165, 1.54) is 30.6 Å². The summed E-state index contributed by atoms with van der Waals surface area (Å²) in [6, 6.07) is 3.73. The molecule has 1 fully saturated rings. The van der Waals surface area contributed by atoms with Crippen molar-refractivity contribution in [2.24, 2.45) is 23.2 Å². The summed E-state index contributed by atoms with van der Waals surface area (Å²) < 4.78 is 0. The zero-order valence-electron chi connectivity index (χ0n) is 16.7. The van der Waals surface area contributed by atoms with Crippen molar-refractivity contribution in [1.82, 2.24) is 9.97 Å². The topological polar surface area (TPSA) is 63.1 Å². The third kappa shape index (κ3) is 4.40. The van der Waals surface area contributed by atoms with Gasteiger partial charge in [0, 0.05) is 23.4 Å². The zero-order valence-corrected chi connectivity index (χ0v) is 17.6. The van der Waals surface area contributed by atoms with E-state index in [2.05, 4.69) is 37.7 Å². The molecule has 2 heterocycles. The highest BCUT2D eigenvalue weighted by atomic mass is 32.1. The number of ketones is 1. The Bertz CT molecular complexity index is 773. The van der Waals surface area contributed by atoms with Crippen molar-refractivity contribution >= 4 is 17.1 Å². The maximum Gasteiger partial charge on any atom is 0.233 e. The van der Waals surface area contributed by atoms with Gasteiger partial charge < -0.3 is 5.11 Å². The van der Waals surface area contributed by atoms with Gasteiger partial charge >= 0.3 is 0 Å². The maximum atomic E-state index is 13.5. The quantitative estimate of drug-likeness (QED) is 0.657. The second-order valence-electron chi connectivity index (χ2n) is 8.67. The summed E-state index contributed by atoms with van der Waals surface area (Å²) >= 11 is 1.28. The first-order chi connectivity index (χ1) is 12.8. The van der Waals surface area contributed by atoms with Gasteiger partial charge in [0.15, 0.2) is 5.78 Å². The Kier molecular flexibility index (Phi) is 5.99. The number of carbonyl (C=O) groups excluding carboxylic acids is 1. The SMILES string of the molecule is CCC1CC(C)CC(C)(C(=O)c2sc(-c3cccnc3)nc2O)CC(C)C1. The van der Waals surface area contributed by atoms with Gasteiger partial charge in [-0.05, 0) is 55.6 Å². The predicted molar refractivity (Wildman–Crippen MR) is 110 cm³/mol. The number of rotatable bonds is 4. The molecule has 0 radical (unpaired) electrons. The van der Waals surface area contributed by atoms with Crippen LogP contribution in [0.4, 0.5) is 0 Å². The summed E-state index contributed by atoms with van der Waals surface area (Å²) in [5.74, 6) is 1.66. The second-order valence-corrected chi connectivity index (χ2v) is 9.67. The molecule has 3 rings (SSSR count). The molecule has 0 aromatic carbocycles. The Balaban J connectivity index is 1.88. The number of hydrogen-bond acceptors (Lipinski definition) is 5. The number of pyridine rings is 1. The summed E-state index contributed by atoms with van der Waals surface area (Å²) in [7, 11) is 0. The van der Waals surface area contributed by atoms with Gasteiger partial charge in [0.1, 0.15) is 9.88 Å². The molecule has 2 aromatic rings. The lowest BCUT2D eigenvalue weighted by atomic mass is 9.66. The second kappa shape index (κ2) is 8.09. The molecule has 0 saturated heterocycles. The molecule has 146 valence electrons. The van der Waals surface area contributed by atoms with Crippen LogP contribution in [0.3, 0.4) is 0 Å². The van der Waals surface area contributed by atoms with Gasteiger partial charge in [-0.25, -0.2) is 4.98 Å². The summed E-state index contributed by atoms with van der Waals surface area (Å²) in [5, 5.41) is 11.0. The predicted octanol–water partition coefficient (Wildman–Crippen LogP) is 5.97. The highest BCUT2D eigenvalue weighted by Gasteiger charge is 2.41. The van der Waals surface area contributed by atoms with Gasteiger partial charge in [0.05, 0.1) is 0 Å². The molecule has 2 unspecified atom stereocenters. The summed E-state index contributed by atoms with van der Waals surface area (Å²) in [4.78, 5) is 22.2. The van der Waals surface area contributed by atoms with Crippen molar-refractivity contribution < 1.29 is 9.90 Å². The van der Waals surface area contributed by atoms with Crippen molar-refractivity contribution in [2.75, 3.05) is 0 Å². The average molecular weight is 387 g/mol. The summed E-state index contributed by atoms with van der Waals surface area (Å²) in [5.41, 5.74) is 0.375. The maximum absolute atomic E-state index is 13.5. The van der Waals surface area contributed by atoms with Crippen LogP contribution in [-0.2, 0) is 0 Å². The smallest absolute Gasteiger partial charge is 0.233 e. The van der Waals surface area contributed by atoms with Crippen LogP contribution in [0.2, 0.25) is 0 Å². The molecule has 1 saturated carbocycles. The third-order valence-corrected chi connectivity index (χ3v) is 7.01. The fourth-order valence-electron chi connectivity index (χ4n) is 4.89. The van der Waals surface area contributed by atoms with Crippen LogP contribution in [0.15, 0.2) is 24.5 Å². The Morgan fingerprint density at radius 3 is 2.52 bits per heavy atom. The zero-order chi connectivity index (χ0) is 19.6. The van der Waals surface area contributed by atoms with Gasteiger partial charge in [0.25, 0.3) is 0 Å². The van der Waals surface area contributed by atoms with Crippen LogP contribution in [-0.4, -0.2) is 20.9 Å². The molecule has 0 bridgehead atoms. The van der Waals surface area contributed by atoms with E-state index in [4.69, 9.17) is 0 Å². The Morgan fingerprint density at radius 1 is 1.30 bits per heavy atom. The average Bonchev–Trinajstić information content (AvgIpc) is 3.01. The Morgan fingerprint density at radius 2 is 1.96 bits per heavy atom. The van der Waals surface area contributed by atoms with Gasteiger partial charge in [-0.3, -0.25) is 9.78 Å². The summed E-state index contributed by atoms with van der Waals surface area (Å²) in [6.07, 6.45) is 8.71. The van der Waals surface area contributed by atoms with Gasteiger partial charge in [-0.1, -0.05) is 34.1 Å². The minimum absolute atomic E-state index is 0.0429. The van der Waals surface area contributed by atoms with Crippen LogP contribution < -0.4 is 0 Å². The first-order valence-electron chi connectivity index (χ1n) is 9.97. The number of hydrogen-bond donors (Lipinski definition) is 1. The van der Waals surface area contributed by atoms with Crippen molar-refractivity contribution in [3.63, 3.8) is 0 Å². The van der Waals surface area contributed by atoms with Gasteiger partial charge in [-0.15, -0.1) is 11.3 Å². The molecule has 5 heteroatoms. The van der Waals surface area contributed by atoms with E-state index in [1.54, 1.807) is 12.4 Å². The molecule has 1 aliphatic carbocycles. The van der Waals surface area contributed by atoms with Crippen molar-refractivity contribution in [3.8, 4) is 16.5 Å². The normalized spacial score (nSPS) is 29.1. The molecule has 2 aromatic heterocycles. The number of thiazole rings is 1. The fraction of sp³-hybridized carbons (Fsp3) is 0.591. The molecular formula is C22H30N2O2S. The van der Waals surface area contributed by atoms with Crippen LogP contribution in [0.25, 0.3) is 10.6 Å². The van der Waals surface area contributed by atoms with Crippen LogP contribution in [0.1, 0.15) is 69.5 Å². The number of nitrogens with zero attached hydrogens (tertiary/aromatic N) is 2. The van der Waals surface area contributed by atoms with E-state index < -0.39 is 5.41 Å². The van der Waals surface area contributed by atoms with E-state index in [-0.39, 0.29) is 11.7 Å². The molecular weight excluding hydrogens is 356 g/mol. The largest absolute Gasteiger partial charge is 0.492 e. The van der Waals surface area contributed by atoms with Gasteiger partial charge in [-0.2, -0.15) is 0 Å². The minimum atomic E-state index is -0.451. The highest BCUT2D eigenvalue weighted by molar-refractivity contribution is 7.17. The first-order valence-corrected chi connectivity index (χ1v) is 10.8. The number of carbonyl (C=O) groups is 1. The summed E-state index contributed by atoms with van der Waals surface area (Å²) in [6.45, 7) is 8.87. The number of aromatic nitrogens is 2. The van der Waals surface area contributed by atoms with Gasteiger partial charge in [0.2, 0.25) is 5.88 Å². The van der Waals surface area contributed by atoms with Crippen molar-refractivity contribution in [3.05, 3.63) is 29.4 Å². The van der Waals surface area contributed by atoms with Crippen LogP contribution in [0.5, 0.6) is 5.88 Å². The lowest BCUT2D eigenvalue weighted by Crippen LogP contribution is -2.34. The third-order valence-electron chi connectivity index (χ3n) is 5.92. The molecule has 1 aliphatic rings. The van der Waals surface area contributed by atoms with E-state index in [0.29, 0.717) is 21.7 Å². The van der Waals surface area contributed by atoms with E-state index in [9.17, 15) is 9.90 Å². The molecule has 4 nitrogen and oxygen atoms in total. The molecule has 0 aliphatic heterocycles. The molecule has 1 N–H and O–H groups in total. The van der Waals surface area contributed by atoms with E-state index in [0.717, 1.165) is 24.3 Å². The first kappa shape index (κ1) is 20.0. The lowest BCUT2D eigenvalue weighted by molar-refractivity contribution is 0.0668. The molecule has 0 spiro atoms. The minimum Gasteiger partial charge on any atom is -0.492 e. The van der Waals surface area contributed by atoms with E-state index in [1.807, 2.05) is 12.1 Å². The van der Waals surface area contributed by atoms with Crippen LogP contribution >= 0.6 is 11.3 Å². The monoisotopic (exact) mass is 386 g/mol. The number of Topliss-reactive ketones (excluding diaryl/α,β-unsaturated/α-hetero) is 1. The fourth-order valence-corrected chi connectivity index (χ4v) is 5.93. The Hall–Kier alpha value is -1.75. The van der Waals surface area contributed by atoms with E-state index >= 15 is 0 Å². The van der Waals surface area contributed by atoms with Crippen molar-refractivity contribution in [2.45, 2.75) is 59.8 Å². The lowest BCUT2D eigenvalue weighted by Gasteiger charge is -2.37. The molecule has 27 heavy (non-hydrogen) atoms. The highest BCUT2D eigenvalue weighted by Crippen LogP contribution is 2.45. The standard InChI is InChI=1S/C22H30N2O2S/c1-5-16-9-14(2)11-22(4,12-15(3)10-16)19(25)18-20(26)24-21(27-18)17-7-6-8-23-13-17/h6-8,13-16,26H,5,9-12H2,1-4H3.